The summed E-state index contributed by atoms with van der Waals surface area (Å²) in [5.41, 5.74) is 3.29. The van der Waals surface area contributed by atoms with Gasteiger partial charge in [-0.05, 0) is 74.2 Å². The lowest BCUT2D eigenvalue weighted by Gasteiger charge is -2.38. The van der Waals surface area contributed by atoms with Crippen molar-refractivity contribution in [2.24, 2.45) is 5.16 Å². The predicted octanol–water partition coefficient (Wildman–Crippen LogP) is 3.70. The Morgan fingerprint density at radius 1 is 1.13 bits per heavy atom. The van der Waals surface area contributed by atoms with Crippen LogP contribution in [0, 0.1) is 13.8 Å². The number of piperidine rings is 1. The molecule has 2 heterocycles. The van der Waals surface area contributed by atoms with E-state index < -0.39 is 5.60 Å². The molecule has 2 aromatic rings. The van der Waals surface area contributed by atoms with Crippen LogP contribution >= 0.6 is 0 Å². The number of carbonyl (C=O) groups excluding carboxylic acids is 2. The van der Waals surface area contributed by atoms with E-state index in [1.54, 1.807) is 31.4 Å². The van der Waals surface area contributed by atoms with E-state index in [1.165, 1.54) is 0 Å². The molecule has 1 unspecified atom stereocenters. The number of likely N-dealkylation sites (tertiary alicyclic amines) is 1. The van der Waals surface area contributed by atoms with Crippen molar-refractivity contribution in [3.63, 3.8) is 0 Å². The van der Waals surface area contributed by atoms with Gasteiger partial charge < -0.3 is 19.8 Å². The number of rotatable bonds is 4. The number of oxime groups is 1. The fraction of sp³-hybridized carbons (Fsp3) is 0.375. The molecule has 0 aromatic heterocycles. The fourth-order valence-electron chi connectivity index (χ4n) is 4.07. The summed E-state index contributed by atoms with van der Waals surface area (Å²) >= 11 is 0. The van der Waals surface area contributed by atoms with Crippen LogP contribution in [0.15, 0.2) is 47.6 Å². The van der Waals surface area contributed by atoms with E-state index in [1.807, 2.05) is 36.9 Å². The molecular weight excluding hydrogens is 394 g/mol. The number of nitrogens with zero attached hydrogens (tertiary/aromatic N) is 2. The highest BCUT2D eigenvalue weighted by Crippen LogP contribution is 2.34. The lowest BCUT2D eigenvalue weighted by Crippen LogP contribution is -2.50. The van der Waals surface area contributed by atoms with Gasteiger partial charge in [0.1, 0.15) is 11.5 Å². The van der Waals surface area contributed by atoms with Crippen LogP contribution in [0.1, 0.15) is 40.7 Å². The quantitative estimate of drug-likeness (QED) is 0.816. The molecule has 7 heteroatoms. The first-order valence-corrected chi connectivity index (χ1v) is 10.5. The second-order valence-electron chi connectivity index (χ2n) is 8.30. The number of benzene rings is 2. The van der Waals surface area contributed by atoms with E-state index in [4.69, 9.17) is 9.57 Å². The van der Waals surface area contributed by atoms with Crippen LogP contribution in [-0.4, -0.2) is 48.2 Å². The Hall–Kier alpha value is -3.35. The average molecular weight is 421 g/mol. The van der Waals surface area contributed by atoms with Gasteiger partial charge in [-0.2, -0.15) is 0 Å². The van der Waals surface area contributed by atoms with Crippen molar-refractivity contribution in [2.75, 3.05) is 25.5 Å². The van der Waals surface area contributed by atoms with Gasteiger partial charge in [-0.15, -0.1) is 0 Å². The average Bonchev–Trinajstić information content (AvgIpc) is 3.19. The maximum atomic E-state index is 13.1. The van der Waals surface area contributed by atoms with Gasteiger partial charge >= 0.3 is 0 Å². The number of methoxy groups -OCH3 is 1. The maximum absolute atomic E-state index is 13.1. The summed E-state index contributed by atoms with van der Waals surface area (Å²) in [4.78, 5) is 33.3. The minimum atomic E-state index is -0.639. The van der Waals surface area contributed by atoms with Gasteiger partial charge in [0.25, 0.3) is 11.8 Å². The molecule has 162 valence electrons. The summed E-state index contributed by atoms with van der Waals surface area (Å²) in [7, 11) is 1.59. The molecule has 1 fully saturated rings. The van der Waals surface area contributed by atoms with Gasteiger partial charge in [0.15, 0.2) is 5.60 Å². The second-order valence-corrected chi connectivity index (χ2v) is 8.30. The number of nitrogens with one attached hydrogen (secondary N) is 1. The Bertz CT molecular complexity index is 1030. The number of anilines is 1. The zero-order valence-electron chi connectivity index (χ0n) is 18.1. The Morgan fingerprint density at radius 2 is 1.90 bits per heavy atom. The number of carbonyl (C=O) groups is 2. The smallest absolute Gasteiger partial charge is 0.273 e. The van der Waals surface area contributed by atoms with Crippen LogP contribution < -0.4 is 10.1 Å². The third-order valence-corrected chi connectivity index (χ3v) is 6.03. The predicted molar refractivity (Wildman–Crippen MR) is 119 cm³/mol. The number of amides is 2. The van der Waals surface area contributed by atoms with Crippen molar-refractivity contribution in [1.29, 1.82) is 0 Å². The van der Waals surface area contributed by atoms with E-state index in [0.717, 1.165) is 24.0 Å². The van der Waals surface area contributed by atoms with Crippen LogP contribution in [-0.2, 0) is 9.63 Å². The Kier molecular flexibility index (Phi) is 5.67. The number of hydrogen-bond acceptors (Lipinski definition) is 5. The van der Waals surface area contributed by atoms with E-state index in [9.17, 15) is 9.59 Å². The molecule has 2 amide bonds. The second kappa shape index (κ2) is 8.41. The number of ether oxygens (including phenoxy) is 1. The van der Waals surface area contributed by atoms with Crippen LogP contribution in [0.4, 0.5) is 5.69 Å². The third kappa shape index (κ3) is 4.40. The molecule has 2 aromatic carbocycles. The zero-order chi connectivity index (χ0) is 22.0. The van der Waals surface area contributed by atoms with Gasteiger partial charge in [0.05, 0.1) is 13.7 Å². The van der Waals surface area contributed by atoms with Gasteiger partial charge in [0.2, 0.25) is 0 Å². The monoisotopic (exact) mass is 421 g/mol. The fourth-order valence-corrected chi connectivity index (χ4v) is 4.07. The lowest BCUT2D eigenvalue weighted by molar-refractivity contribution is -0.110. The Balaban J connectivity index is 1.40. The van der Waals surface area contributed by atoms with Gasteiger partial charge in [-0.3, -0.25) is 9.59 Å². The van der Waals surface area contributed by atoms with E-state index in [0.29, 0.717) is 42.2 Å². The summed E-state index contributed by atoms with van der Waals surface area (Å²) in [6, 6.07) is 12.9. The topological polar surface area (TPSA) is 80.2 Å². The standard InChI is InChI=1S/C24H27N3O4/c1-16-5-6-18(13-17(16)2)23(29)27-12-4-11-24(15-27)14-21(26-31-24)22(28)25-19-7-9-20(30-3)10-8-19/h5-10,13H,4,11-12,14-15H2,1-3H3,(H,25,28). The normalized spacial score (nSPS) is 20.2. The minimum Gasteiger partial charge on any atom is -0.497 e. The first-order valence-electron chi connectivity index (χ1n) is 10.5. The first kappa shape index (κ1) is 20.9. The Labute approximate surface area is 182 Å². The van der Waals surface area contributed by atoms with Crippen molar-refractivity contribution in [3.8, 4) is 5.75 Å². The van der Waals surface area contributed by atoms with Crippen molar-refractivity contribution >= 4 is 23.2 Å². The molecule has 1 N–H and O–H groups in total. The number of hydrogen-bond donors (Lipinski definition) is 1. The molecule has 2 aliphatic rings. The highest BCUT2D eigenvalue weighted by atomic mass is 16.7. The first-order chi connectivity index (χ1) is 14.9. The Morgan fingerprint density at radius 3 is 2.61 bits per heavy atom. The molecule has 0 aliphatic carbocycles. The van der Waals surface area contributed by atoms with Crippen LogP contribution in [0.5, 0.6) is 5.75 Å². The summed E-state index contributed by atoms with van der Waals surface area (Å²) in [6.07, 6.45) is 1.94. The summed E-state index contributed by atoms with van der Waals surface area (Å²) in [5, 5.41) is 6.92. The van der Waals surface area contributed by atoms with Crippen LogP contribution in [0.2, 0.25) is 0 Å². The highest BCUT2D eigenvalue weighted by Gasteiger charge is 2.45. The van der Waals surface area contributed by atoms with Gasteiger partial charge in [0, 0.05) is 24.2 Å². The molecule has 0 bridgehead atoms. The largest absolute Gasteiger partial charge is 0.497 e. The summed E-state index contributed by atoms with van der Waals surface area (Å²) in [6.45, 7) is 5.12. The number of aryl methyl sites for hydroxylation is 2. The maximum Gasteiger partial charge on any atom is 0.273 e. The van der Waals surface area contributed by atoms with E-state index >= 15 is 0 Å². The molecule has 7 nitrogen and oxygen atoms in total. The SMILES string of the molecule is COc1ccc(NC(=O)C2=NOC3(CCCN(C(=O)c4ccc(C)c(C)c4)C3)C2)cc1. The molecule has 4 rings (SSSR count). The van der Waals surface area contributed by atoms with Crippen LogP contribution in [0.25, 0.3) is 0 Å². The molecule has 1 saturated heterocycles. The van der Waals surface area contributed by atoms with Gasteiger partial charge in [-0.1, -0.05) is 11.2 Å². The van der Waals surface area contributed by atoms with Crippen LogP contribution in [0.3, 0.4) is 0 Å². The van der Waals surface area contributed by atoms with Crippen molar-refractivity contribution in [1.82, 2.24) is 4.90 Å². The van der Waals surface area contributed by atoms with Gasteiger partial charge in [-0.25, -0.2) is 0 Å². The molecule has 0 radical (unpaired) electrons. The van der Waals surface area contributed by atoms with E-state index in [2.05, 4.69) is 10.5 Å². The summed E-state index contributed by atoms with van der Waals surface area (Å²) < 4.78 is 5.13. The lowest BCUT2D eigenvalue weighted by atomic mass is 9.87. The highest BCUT2D eigenvalue weighted by molar-refractivity contribution is 6.43. The van der Waals surface area contributed by atoms with Crippen molar-refractivity contribution < 1.29 is 19.2 Å². The van der Waals surface area contributed by atoms with Crippen molar-refractivity contribution in [2.45, 2.75) is 38.7 Å². The summed E-state index contributed by atoms with van der Waals surface area (Å²) in [5.74, 6) is 0.413. The molecule has 1 atom stereocenters. The van der Waals surface area contributed by atoms with E-state index in [-0.39, 0.29) is 11.8 Å². The minimum absolute atomic E-state index is 0.0121. The zero-order valence-corrected chi connectivity index (χ0v) is 18.1. The molecule has 2 aliphatic heterocycles. The molecular formula is C24H27N3O4. The molecule has 1 spiro atoms. The third-order valence-electron chi connectivity index (χ3n) is 6.03. The van der Waals surface area contributed by atoms with Crippen molar-refractivity contribution in [3.05, 3.63) is 59.2 Å². The molecule has 0 saturated carbocycles. The molecule has 31 heavy (non-hydrogen) atoms.